The van der Waals surface area contributed by atoms with Crippen LogP contribution in [0.2, 0.25) is 0 Å². The third-order valence-corrected chi connectivity index (χ3v) is 4.03. The fourth-order valence-electron chi connectivity index (χ4n) is 2.62. The van der Waals surface area contributed by atoms with Crippen LogP contribution in [0.15, 0.2) is 18.2 Å². The zero-order valence-corrected chi connectivity index (χ0v) is 12.0. The first-order valence-corrected chi connectivity index (χ1v) is 6.94. The van der Waals surface area contributed by atoms with E-state index in [9.17, 15) is 4.79 Å². The van der Waals surface area contributed by atoms with Crippen molar-refractivity contribution in [3.63, 3.8) is 0 Å². The maximum atomic E-state index is 12.1. The van der Waals surface area contributed by atoms with Crippen molar-refractivity contribution in [1.29, 1.82) is 0 Å². The van der Waals surface area contributed by atoms with Crippen molar-refractivity contribution in [1.82, 2.24) is 0 Å². The maximum absolute atomic E-state index is 12.1. The highest BCUT2D eigenvalue weighted by Crippen LogP contribution is 2.36. The number of aryl methyl sites for hydroxylation is 1. The SMILES string of the molecule is Cc1cc(N)ccc1C(=O)OC1CCC(C)(C)CC1. The van der Waals surface area contributed by atoms with Crippen LogP contribution in [-0.4, -0.2) is 12.1 Å². The van der Waals surface area contributed by atoms with Crippen LogP contribution in [0.3, 0.4) is 0 Å². The van der Waals surface area contributed by atoms with E-state index in [-0.39, 0.29) is 12.1 Å². The number of ether oxygens (including phenoxy) is 1. The molecule has 0 amide bonds. The molecule has 0 unspecified atom stereocenters. The Morgan fingerprint density at radius 1 is 1.32 bits per heavy atom. The monoisotopic (exact) mass is 261 g/mol. The molecule has 1 aliphatic rings. The van der Waals surface area contributed by atoms with Gasteiger partial charge in [0.1, 0.15) is 6.10 Å². The third-order valence-electron chi connectivity index (χ3n) is 4.03. The molecule has 1 aromatic rings. The Hall–Kier alpha value is -1.51. The van der Waals surface area contributed by atoms with Gasteiger partial charge in [0.2, 0.25) is 0 Å². The van der Waals surface area contributed by atoms with E-state index in [0.29, 0.717) is 16.7 Å². The van der Waals surface area contributed by atoms with Gasteiger partial charge in [0.25, 0.3) is 0 Å². The van der Waals surface area contributed by atoms with E-state index >= 15 is 0 Å². The van der Waals surface area contributed by atoms with E-state index in [1.807, 2.05) is 6.92 Å². The normalized spacial score (nSPS) is 19.1. The Bertz CT molecular complexity index is 470. The van der Waals surface area contributed by atoms with Crippen LogP contribution in [0.1, 0.15) is 55.5 Å². The summed E-state index contributed by atoms with van der Waals surface area (Å²) >= 11 is 0. The van der Waals surface area contributed by atoms with Gasteiger partial charge in [-0.3, -0.25) is 0 Å². The molecule has 0 bridgehead atoms. The Kier molecular flexibility index (Phi) is 3.83. The second-order valence-electron chi connectivity index (χ2n) is 6.34. The van der Waals surface area contributed by atoms with Crippen LogP contribution < -0.4 is 5.73 Å². The maximum Gasteiger partial charge on any atom is 0.338 e. The van der Waals surface area contributed by atoms with Crippen LogP contribution >= 0.6 is 0 Å². The first-order valence-electron chi connectivity index (χ1n) is 6.94. The number of carbonyl (C=O) groups excluding carboxylic acids is 1. The van der Waals surface area contributed by atoms with Crippen molar-refractivity contribution in [3.8, 4) is 0 Å². The zero-order valence-electron chi connectivity index (χ0n) is 12.0. The summed E-state index contributed by atoms with van der Waals surface area (Å²) in [4.78, 5) is 12.1. The van der Waals surface area contributed by atoms with Crippen LogP contribution in [0.5, 0.6) is 0 Å². The van der Waals surface area contributed by atoms with Crippen LogP contribution in [-0.2, 0) is 4.74 Å². The molecule has 0 aliphatic heterocycles. The van der Waals surface area contributed by atoms with Gasteiger partial charge in [0, 0.05) is 5.69 Å². The molecule has 2 N–H and O–H groups in total. The van der Waals surface area contributed by atoms with Crippen molar-refractivity contribution in [3.05, 3.63) is 29.3 Å². The lowest BCUT2D eigenvalue weighted by Gasteiger charge is -2.33. The van der Waals surface area contributed by atoms with E-state index in [0.717, 1.165) is 31.2 Å². The van der Waals surface area contributed by atoms with Crippen molar-refractivity contribution >= 4 is 11.7 Å². The lowest BCUT2D eigenvalue weighted by Crippen LogP contribution is -2.28. The number of carbonyl (C=O) groups is 1. The topological polar surface area (TPSA) is 52.3 Å². The van der Waals surface area contributed by atoms with E-state index in [1.165, 1.54) is 0 Å². The van der Waals surface area contributed by atoms with Crippen molar-refractivity contribution in [2.75, 3.05) is 5.73 Å². The van der Waals surface area contributed by atoms with Gasteiger partial charge in [-0.25, -0.2) is 4.79 Å². The summed E-state index contributed by atoms with van der Waals surface area (Å²) in [6.07, 6.45) is 4.23. The van der Waals surface area contributed by atoms with Gasteiger partial charge in [-0.2, -0.15) is 0 Å². The molecule has 0 radical (unpaired) electrons. The third kappa shape index (κ3) is 3.49. The predicted molar refractivity (Wildman–Crippen MR) is 77.0 cm³/mol. The molecule has 104 valence electrons. The summed E-state index contributed by atoms with van der Waals surface area (Å²) < 4.78 is 5.61. The largest absolute Gasteiger partial charge is 0.459 e. The Labute approximate surface area is 115 Å². The van der Waals surface area contributed by atoms with Crippen LogP contribution in [0.4, 0.5) is 5.69 Å². The molecule has 1 saturated carbocycles. The molecule has 3 nitrogen and oxygen atoms in total. The molecule has 2 rings (SSSR count). The lowest BCUT2D eigenvalue weighted by molar-refractivity contribution is 0.00944. The number of esters is 1. The molecule has 0 aromatic heterocycles. The molecule has 0 heterocycles. The Morgan fingerprint density at radius 3 is 2.53 bits per heavy atom. The minimum atomic E-state index is -0.220. The average molecular weight is 261 g/mol. The highest BCUT2D eigenvalue weighted by molar-refractivity contribution is 5.91. The fraction of sp³-hybridized carbons (Fsp3) is 0.562. The van der Waals surface area contributed by atoms with Gasteiger partial charge in [-0.05, 0) is 61.8 Å². The molecule has 0 spiro atoms. The number of nitrogens with two attached hydrogens (primary N) is 1. The number of hydrogen-bond donors (Lipinski definition) is 1. The van der Waals surface area contributed by atoms with Gasteiger partial charge < -0.3 is 10.5 Å². The average Bonchev–Trinajstić information content (AvgIpc) is 2.31. The number of anilines is 1. The molecule has 19 heavy (non-hydrogen) atoms. The first kappa shape index (κ1) is 13.9. The quantitative estimate of drug-likeness (QED) is 0.652. The zero-order chi connectivity index (χ0) is 14.0. The smallest absolute Gasteiger partial charge is 0.338 e. The Balaban J connectivity index is 1.98. The van der Waals surface area contributed by atoms with Crippen molar-refractivity contribution in [2.45, 2.75) is 52.6 Å². The minimum absolute atomic E-state index is 0.0671. The highest BCUT2D eigenvalue weighted by Gasteiger charge is 2.29. The number of benzene rings is 1. The molecular weight excluding hydrogens is 238 g/mol. The molecule has 0 atom stereocenters. The summed E-state index contributed by atoms with van der Waals surface area (Å²) in [5.74, 6) is -0.220. The fourth-order valence-corrected chi connectivity index (χ4v) is 2.62. The number of rotatable bonds is 2. The Morgan fingerprint density at radius 2 is 1.95 bits per heavy atom. The van der Waals surface area contributed by atoms with Gasteiger partial charge in [0.15, 0.2) is 0 Å². The van der Waals surface area contributed by atoms with Gasteiger partial charge in [-0.15, -0.1) is 0 Å². The summed E-state index contributed by atoms with van der Waals surface area (Å²) in [5.41, 5.74) is 8.25. The van der Waals surface area contributed by atoms with E-state index < -0.39 is 0 Å². The second-order valence-corrected chi connectivity index (χ2v) is 6.34. The molecule has 0 saturated heterocycles. The van der Waals surface area contributed by atoms with E-state index in [4.69, 9.17) is 10.5 Å². The second kappa shape index (κ2) is 5.24. The summed E-state index contributed by atoms with van der Waals surface area (Å²) in [7, 11) is 0. The highest BCUT2D eigenvalue weighted by atomic mass is 16.5. The van der Waals surface area contributed by atoms with Crippen molar-refractivity contribution < 1.29 is 9.53 Å². The first-order chi connectivity index (χ1) is 8.87. The lowest BCUT2D eigenvalue weighted by atomic mass is 9.76. The molecule has 1 aromatic carbocycles. The van der Waals surface area contributed by atoms with Crippen LogP contribution in [0.25, 0.3) is 0 Å². The summed E-state index contributed by atoms with van der Waals surface area (Å²) in [5, 5.41) is 0. The van der Waals surface area contributed by atoms with Gasteiger partial charge >= 0.3 is 5.97 Å². The predicted octanol–water partition coefficient (Wildman–Crippen LogP) is 3.70. The van der Waals surface area contributed by atoms with Gasteiger partial charge in [0.05, 0.1) is 5.56 Å². The number of nitrogen functional groups attached to an aromatic ring is 1. The molecule has 1 fully saturated rings. The van der Waals surface area contributed by atoms with Crippen LogP contribution in [0, 0.1) is 12.3 Å². The molecule has 1 aliphatic carbocycles. The van der Waals surface area contributed by atoms with E-state index in [2.05, 4.69) is 13.8 Å². The standard InChI is InChI=1S/C16H23NO2/c1-11-10-12(17)4-5-14(11)15(18)19-13-6-8-16(2,3)9-7-13/h4-5,10,13H,6-9,17H2,1-3H3. The van der Waals surface area contributed by atoms with E-state index in [1.54, 1.807) is 18.2 Å². The van der Waals surface area contributed by atoms with Crippen molar-refractivity contribution in [2.24, 2.45) is 5.41 Å². The minimum Gasteiger partial charge on any atom is -0.459 e. The van der Waals surface area contributed by atoms with Gasteiger partial charge in [-0.1, -0.05) is 13.8 Å². The number of hydrogen-bond acceptors (Lipinski definition) is 3. The summed E-state index contributed by atoms with van der Waals surface area (Å²) in [6.45, 7) is 6.43. The molecule has 3 heteroatoms. The molecular formula is C16H23NO2. The summed E-state index contributed by atoms with van der Waals surface area (Å²) in [6, 6.07) is 5.30.